The molecule has 0 saturated carbocycles. The molecular formula is C11H11NO2. The third kappa shape index (κ3) is 1.42. The Hall–Kier alpha value is -1.95. The maximum Gasteiger partial charge on any atom is 0.337 e. The molecule has 3 nitrogen and oxygen atoms in total. The van der Waals surface area contributed by atoms with E-state index in [0.717, 1.165) is 5.56 Å². The third-order valence-corrected chi connectivity index (χ3v) is 2.11. The number of hydrogen-bond acceptors (Lipinski definition) is 3. The third-order valence-electron chi connectivity index (χ3n) is 2.11. The van der Waals surface area contributed by atoms with E-state index >= 15 is 0 Å². The normalized spacial score (nSPS) is 12.9. The van der Waals surface area contributed by atoms with Crippen LogP contribution in [0.4, 0.5) is 5.69 Å². The van der Waals surface area contributed by atoms with Gasteiger partial charge in [0.1, 0.15) is 5.92 Å². The number of esters is 1. The smallest absolute Gasteiger partial charge is 0.337 e. The Balaban J connectivity index is 0.00000112. The second-order valence-electron chi connectivity index (χ2n) is 3.06. The van der Waals surface area contributed by atoms with E-state index in [4.69, 9.17) is 5.73 Å². The molecule has 0 heterocycles. The molecule has 1 aromatic carbocycles. The molecular weight excluding hydrogens is 178 g/mol. The maximum atomic E-state index is 11.2. The first-order valence-corrected chi connectivity index (χ1v) is 4.21. The topological polar surface area (TPSA) is 52.3 Å². The molecule has 1 aliphatic carbocycles. The zero-order valence-corrected chi connectivity index (χ0v) is 7.70. The van der Waals surface area contributed by atoms with Crippen LogP contribution in [0.25, 0.3) is 0 Å². The van der Waals surface area contributed by atoms with Crippen molar-refractivity contribution >= 4 is 11.7 Å². The van der Waals surface area contributed by atoms with Crippen LogP contribution >= 0.6 is 0 Å². The fraction of sp³-hybridized carbons (Fsp3) is 0.182. The molecule has 2 rings (SSSR count). The molecule has 0 radical (unpaired) electrons. The Morgan fingerprint density at radius 3 is 2.86 bits per heavy atom. The largest absolute Gasteiger partial charge is 0.465 e. The first-order chi connectivity index (χ1) is 6.72. The molecule has 0 saturated heterocycles. The highest BCUT2D eigenvalue weighted by Crippen LogP contribution is 2.28. The lowest BCUT2D eigenvalue weighted by Gasteiger charge is -2.05. The number of nitrogen functional groups attached to an aromatic ring is 1. The summed E-state index contributed by atoms with van der Waals surface area (Å²) in [6, 6.07) is 5.06. The van der Waals surface area contributed by atoms with Crippen molar-refractivity contribution in [2.45, 2.75) is 5.92 Å². The average Bonchev–Trinajstić information content (AvgIpc) is 3.01. The van der Waals surface area contributed by atoms with Crippen LogP contribution in [0.3, 0.4) is 0 Å². The van der Waals surface area contributed by atoms with Gasteiger partial charge in [0, 0.05) is 12.7 Å². The van der Waals surface area contributed by atoms with Gasteiger partial charge in [0.05, 0.1) is 12.7 Å². The summed E-state index contributed by atoms with van der Waals surface area (Å²) >= 11 is 0. The maximum absolute atomic E-state index is 11.2. The number of benzene rings is 1. The number of carbonyl (C=O) groups excluding carboxylic acids is 1. The van der Waals surface area contributed by atoms with Gasteiger partial charge in [-0.1, -0.05) is 11.8 Å². The van der Waals surface area contributed by atoms with Crippen molar-refractivity contribution in [1.29, 1.82) is 0 Å². The minimum absolute atomic E-state index is 0. The SMILES string of the molecule is COC(=O)c1ccc(N)c(C2C#C2)c1.[HH]. The lowest BCUT2D eigenvalue weighted by molar-refractivity contribution is 0.0600. The van der Waals surface area contributed by atoms with Crippen LogP contribution in [-0.4, -0.2) is 13.1 Å². The van der Waals surface area contributed by atoms with Crippen molar-refractivity contribution in [2.75, 3.05) is 12.8 Å². The molecule has 0 aromatic heterocycles. The van der Waals surface area contributed by atoms with Gasteiger partial charge in [-0.25, -0.2) is 4.79 Å². The van der Waals surface area contributed by atoms with E-state index in [1.165, 1.54) is 7.11 Å². The van der Waals surface area contributed by atoms with E-state index in [2.05, 4.69) is 16.6 Å². The summed E-state index contributed by atoms with van der Waals surface area (Å²) in [5.41, 5.74) is 7.77. The molecule has 0 unspecified atom stereocenters. The van der Waals surface area contributed by atoms with E-state index in [1.807, 2.05) is 0 Å². The zero-order valence-electron chi connectivity index (χ0n) is 7.70. The Bertz CT molecular complexity index is 451. The van der Waals surface area contributed by atoms with Gasteiger partial charge in [-0.15, -0.1) is 0 Å². The van der Waals surface area contributed by atoms with Crippen molar-refractivity contribution in [1.82, 2.24) is 0 Å². The summed E-state index contributed by atoms with van der Waals surface area (Å²) in [5.74, 6) is 5.49. The Kier molecular flexibility index (Phi) is 1.90. The summed E-state index contributed by atoms with van der Waals surface area (Å²) in [6.07, 6.45) is 0. The van der Waals surface area contributed by atoms with Gasteiger partial charge in [-0.2, -0.15) is 0 Å². The molecule has 1 aliphatic rings. The average molecular weight is 189 g/mol. The molecule has 0 fully saturated rings. The van der Waals surface area contributed by atoms with E-state index in [-0.39, 0.29) is 13.3 Å². The standard InChI is InChI=1S/C11H9NO2.H2/c1-14-11(13)8-4-5-10(12)9(6-8)7-2-3-7;/h4-7H,12H2,1H3;1H. The molecule has 0 bridgehead atoms. The van der Waals surface area contributed by atoms with Crippen molar-refractivity contribution < 1.29 is 11.0 Å². The number of nitrogens with two attached hydrogens (primary N) is 1. The minimum Gasteiger partial charge on any atom is -0.465 e. The zero-order chi connectivity index (χ0) is 10.1. The second-order valence-corrected chi connectivity index (χ2v) is 3.06. The molecule has 14 heavy (non-hydrogen) atoms. The molecule has 2 N–H and O–H groups in total. The first kappa shape index (κ1) is 8.64. The number of methoxy groups -OCH3 is 1. The molecule has 0 aliphatic heterocycles. The number of hydrogen-bond donors (Lipinski definition) is 1. The molecule has 3 heteroatoms. The lowest BCUT2D eigenvalue weighted by Crippen LogP contribution is -2.03. The highest BCUT2D eigenvalue weighted by atomic mass is 16.5. The summed E-state index contributed by atoms with van der Waals surface area (Å²) < 4.78 is 4.61. The van der Waals surface area contributed by atoms with Crippen LogP contribution in [-0.2, 0) is 4.74 Å². The van der Waals surface area contributed by atoms with E-state index < -0.39 is 0 Å². The molecule has 1 aromatic rings. The van der Waals surface area contributed by atoms with Gasteiger partial charge in [0.15, 0.2) is 0 Å². The van der Waals surface area contributed by atoms with Crippen molar-refractivity contribution in [3.05, 3.63) is 29.3 Å². The Morgan fingerprint density at radius 2 is 2.29 bits per heavy atom. The van der Waals surface area contributed by atoms with Crippen LogP contribution in [0.2, 0.25) is 0 Å². The van der Waals surface area contributed by atoms with Gasteiger partial charge in [-0.05, 0) is 18.2 Å². The van der Waals surface area contributed by atoms with Gasteiger partial charge in [-0.3, -0.25) is 0 Å². The van der Waals surface area contributed by atoms with E-state index in [9.17, 15) is 4.79 Å². The summed E-state index contributed by atoms with van der Waals surface area (Å²) in [6.45, 7) is 0. The fourth-order valence-corrected chi connectivity index (χ4v) is 1.27. The second kappa shape index (κ2) is 3.08. The summed E-state index contributed by atoms with van der Waals surface area (Å²) in [4.78, 5) is 11.2. The van der Waals surface area contributed by atoms with Crippen molar-refractivity contribution in [3.63, 3.8) is 0 Å². The monoisotopic (exact) mass is 189 g/mol. The predicted molar refractivity (Wildman–Crippen MR) is 54.8 cm³/mol. The van der Waals surface area contributed by atoms with Crippen LogP contribution in [0.15, 0.2) is 18.2 Å². The van der Waals surface area contributed by atoms with Crippen LogP contribution in [0.1, 0.15) is 23.3 Å². The van der Waals surface area contributed by atoms with Crippen LogP contribution in [0.5, 0.6) is 0 Å². The Morgan fingerprint density at radius 1 is 1.57 bits per heavy atom. The summed E-state index contributed by atoms with van der Waals surface area (Å²) in [7, 11) is 1.35. The van der Waals surface area contributed by atoms with E-state index in [1.54, 1.807) is 18.2 Å². The molecule has 0 amide bonds. The number of ether oxygens (including phenoxy) is 1. The highest BCUT2D eigenvalue weighted by Gasteiger charge is 2.18. The van der Waals surface area contributed by atoms with Gasteiger partial charge < -0.3 is 10.5 Å². The summed E-state index contributed by atoms with van der Waals surface area (Å²) in [5, 5.41) is 0. The van der Waals surface area contributed by atoms with Gasteiger partial charge in [0.25, 0.3) is 0 Å². The quantitative estimate of drug-likeness (QED) is 0.434. The number of carbonyl (C=O) groups is 1. The van der Waals surface area contributed by atoms with Crippen molar-refractivity contribution in [3.8, 4) is 11.8 Å². The Labute approximate surface area is 83.3 Å². The van der Waals surface area contributed by atoms with E-state index in [0.29, 0.717) is 11.3 Å². The lowest BCUT2D eigenvalue weighted by atomic mass is 10.0. The number of rotatable bonds is 2. The molecule has 72 valence electrons. The number of anilines is 1. The molecule has 0 spiro atoms. The fourth-order valence-electron chi connectivity index (χ4n) is 1.27. The van der Waals surface area contributed by atoms with Crippen molar-refractivity contribution in [2.24, 2.45) is 0 Å². The van der Waals surface area contributed by atoms with Gasteiger partial charge in [0.2, 0.25) is 0 Å². The highest BCUT2D eigenvalue weighted by molar-refractivity contribution is 5.90. The first-order valence-electron chi connectivity index (χ1n) is 4.21. The minimum atomic E-state index is -0.355. The van der Waals surface area contributed by atoms with Crippen LogP contribution in [0, 0.1) is 11.8 Å². The predicted octanol–water partition coefficient (Wildman–Crippen LogP) is 1.40. The van der Waals surface area contributed by atoms with Crippen LogP contribution < -0.4 is 5.73 Å². The van der Waals surface area contributed by atoms with Gasteiger partial charge >= 0.3 is 5.97 Å². The molecule has 0 atom stereocenters.